The standard InChI is InChI=1S/C17H25NO3/c1-12-6-7-13(8-16(12)21-2)9-17(20)18-10-14-4-3-5-15(14)11-19/h6-8,14-15,19H,3-5,9-11H2,1-2H3,(H,18,20). The van der Waals surface area contributed by atoms with Gasteiger partial charge >= 0.3 is 0 Å². The number of carbonyl (C=O) groups excluding carboxylic acids is 1. The normalized spacial score (nSPS) is 21.3. The van der Waals surface area contributed by atoms with E-state index in [1.165, 1.54) is 0 Å². The Bertz CT molecular complexity index is 487. The number of aliphatic hydroxyl groups is 1. The lowest BCUT2D eigenvalue weighted by atomic mass is 9.97. The van der Waals surface area contributed by atoms with Crippen molar-refractivity contribution in [1.29, 1.82) is 0 Å². The minimum Gasteiger partial charge on any atom is -0.496 e. The molecule has 0 heterocycles. The minimum absolute atomic E-state index is 0.0319. The number of aryl methyl sites for hydroxylation is 1. The summed E-state index contributed by atoms with van der Waals surface area (Å²) in [5.41, 5.74) is 2.03. The van der Waals surface area contributed by atoms with Crippen LogP contribution in [0, 0.1) is 18.8 Å². The zero-order valence-electron chi connectivity index (χ0n) is 12.9. The first kappa shape index (κ1) is 15.8. The van der Waals surface area contributed by atoms with Gasteiger partial charge in [0, 0.05) is 13.2 Å². The van der Waals surface area contributed by atoms with E-state index in [-0.39, 0.29) is 12.5 Å². The zero-order valence-corrected chi connectivity index (χ0v) is 12.9. The number of carbonyl (C=O) groups is 1. The summed E-state index contributed by atoms with van der Waals surface area (Å²) in [5.74, 6) is 1.62. The Kier molecular flexibility index (Phi) is 5.62. The Morgan fingerprint density at radius 3 is 2.86 bits per heavy atom. The summed E-state index contributed by atoms with van der Waals surface area (Å²) < 4.78 is 5.28. The first-order chi connectivity index (χ1) is 10.1. The predicted molar refractivity (Wildman–Crippen MR) is 82.4 cm³/mol. The molecule has 2 N–H and O–H groups in total. The van der Waals surface area contributed by atoms with Crippen molar-refractivity contribution in [2.24, 2.45) is 11.8 Å². The van der Waals surface area contributed by atoms with Crippen molar-refractivity contribution in [3.8, 4) is 5.75 Å². The molecule has 1 aromatic rings. The summed E-state index contributed by atoms with van der Waals surface area (Å²) in [6, 6.07) is 5.85. The zero-order chi connectivity index (χ0) is 15.2. The average molecular weight is 291 g/mol. The quantitative estimate of drug-likeness (QED) is 0.843. The first-order valence-electron chi connectivity index (χ1n) is 7.65. The van der Waals surface area contributed by atoms with Crippen LogP contribution >= 0.6 is 0 Å². The van der Waals surface area contributed by atoms with E-state index in [0.29, 0.717) is 24.8 Å². The van der Waals surface area contributed by atoms with E-state index in [4.69, 9.17) is 4.74 Å². The van der Waals surface area contributed by atoms with Gasteiger partial charge in [0.05, 0.1) is 13.5 Å². The van der Waals surface area contributed by atoms with E-state index in [0.717, 1.165) is 36.1 Å². The molecule has 0 spiro atoms. The summed E-state index contributed by atoms with van der Waals surface area (Å²) in [7, 11) is 1.64. The van der Waals surface area contributed by atoms with Gasteiger partial charge in [0.2, 0.25) is 5.91 Å². The van der Waals surface area contributed by atoms with Crippen LogP contribution in [-0.4, -0.2) is 31.3 Å². The molecule has 1 fully saturated rings. The topological polar surface area (TPSA) is 58.6 Å². The summed E-state index contributed by atoms with van der Waals surface area (Å²) in [6.07, 6.45) is 3.70. The Labute approximate surface area is 126 Å². The lowest BCUT2D eigenvalue weighted by Crippen LogP contribution is -2.32. The molecular formula is C17H25NO3. The third-order valence-electron chi connectivity index (χ3n) is 4.45. The summed E-state index contributed by atoms with van der Waals surface area (Å²) in [6.45, 7) is 2.89. The molecule has 1 aliphatic rings. The van der Waals surface area contributed by atoms with Gasteiger partial charge in [-0.3, -0.25) is 4.79 Å². The van der Waals surface area contributed by atoms with Crippen molar-refractivity contribution in [3.63, 3.8) is 0 Å². The lowest BCUT2D eigenvalue weighted by Gasteiger charge is -2.17. The Hall–Kier alpha value is -1.55. The fraction of sp³-hybridized carbons (Fsp3) is 0.588. The first-order valence-corrected chi connectivity index (χ1v) is 7.65. The average Bonchev–Trinajstić information content (AvgIpc) is 2.94. The Morgan fingerprint density at radius 1 is 1.38 bits per heavy atom. The molecule has 21 heavy (non-hydrogen) atoms. The summed E-state index contributed by atoms with van der Waals surface area (Å²) in [5, 5.41) is 12.3. The predicted octanol–water partition coefficient (Wildman–Crippen LogP) is 2.07. The summed E-state index contributed by atoms with van der Waals surface area (Å²) >= 11 is 0. The van der Waals surface area contributed by atoms with Crippen LogP contribution in [0.5, 0.6) is 5.75 Å². The van der Waals surface area contributed by atoms with Crippen molar-refractivity contribution in [2.75, 3.05) is 20.3 Å². The van der Waals surface area contributed by atoms with Crippen LogP contribution < -0.4 is 10.1 Å². The molecule has 1 aliphatic carbocycles. The number of ether oxygens (including phenoxy) is 1. The third-order valence-corrected chi connectivity index (χ3v) is 4.45. The highest BCUT2D eigenvalue weighted by atomic mass is 16.5. The van der Waals surface area contributed by atoms with Crippen molar-refractivity contribution in [1.82, 2.24) is 5.32 Å². The molecule has 2 atom stereocenters. The highest BCUT2D eigenvalue weighted by molar-refractivity contribution is 5.78. The van der Waals surface area contributed by atoms with E-state index < -0.39 is 0 Å². The monoisotopic (exact) mass is 291 g/mol. The molecule has 0 radical (unpaired) electrons. The number of nitrogens with one attached hydrogen (secondary N) is 1. The molecule has 4 heteroatoms. The van der Waals surface area contributed by atoms with Crippen LogP contribution in [-0.2, 0) is 11.2 Å². The smallest absolute Gasteiger partial charge is 0.224 e. The van der Waals surface area contributed by atoms with Crippen molar-refractivity contribution < 1.29 is 14.6 Å². The van der Waals surface area contributed by atoms with Gasteiger partial charge < -0.3 is 15.2 Å². The molecule has 0 saturated heterocycles. The maximum absolute atomic E-state index is 12.0. The van der Waals surface area contributed by atoms with Crippen molar-refractivity contribution in [2.45, 2.75) is 32.6 Å². The van der Waals surface area contributed by atoms with Gasteiger partial charge in [-0.2, -0.15) is 0 Å². The van der Waals surface area contributed by atoms with Gasteiger partial charge in [-0.25, -0.2) is 0 Å². The van der Waals surface area contributed by atoms with Gasteiger partial charge in [0.25, 0.3) is 0 Å². The number of hydrogen-bond acceptors (Lipinski definition) is 3. The lowest BCUT2D eigenvalue weighted by molar-refractivity contribution is -0.120. The molecule has 2 unspecified atom stereocenters. The second kappa shape index (κ2) is 7.46. The second-order valence-electron chi connectivity index (χ2n) is 5.92. The van der Waals surface area contributed by atoms with Crippen LogP contribution in [0.3, 0.4) is 0 Å². The number of benzene rings is 1. The fourth-order valence-corrected chi connectivity index (χ4v) is 3.09. The summed E-state index contributed by atoms with van der Waals surface area (Å²) in [4.78, 5) is 12.0. The highest BCUT2D eigenvalue weighted by Gasteiger charge is 2.26. The largest absolute Gasteiger partial charge is 0.496 e. The van der Waals surface area contributed by atoms with Gasteiger partial charge in [-0.15, -0.1) is 0 Å². The van der Waals surface area contributed by atoms with Gasteiger partial charge in [0.15, 0.2) is 0 Å². The van der Waals surface area contributed by atoms with Crippen molar-refractivity contribution in [3.05, 3.63) is 29.3 Å². The molecule has 2 rings (SSSR count). The molecule has 4 nitrogen and oxygen atoms in total. The molecule has 1 saturated carbocycles. The molecule has 1 aromatic carbocycles. The number of rotatable bonds is 6. The Morgan fingerprint density at radius 2 is 2.14 bits per heavy atom. The molecular weight excluding hydrogens is 266 g/mol. The van der Waals surface area contributed by atoms with Gasteiger partial charge in [-0.1, -0.05) is 18.6 Å². The van der Waals surface area contributed by atoms with E-state index >= 15 is 0 Å². The molecule has 1 amide bonds. The van der Waals surface area contributed by atoms with Crippen LogP contribution in [0.2, 0.25) is 0 Å². The molecule has 0 aromatic heterocycles. The number of amides is 1. The maximum atomic E-state index is 12.0. The number of aliphatic hydroxyl groups excluding tert-OH is 1. The van der Waals surface area contributed by atoms with E-state index in [1.807, 2.05) is 25.1 Å². The van der Waals surface area contributed by atoms with Crippen LogP contribution in [0.4, 0.5) is 0 Å². The molecule has 116 valence electrons. The Balaban J connectivity index is 1.84. The van der Waals surface area contributed by atoms with E-state index in [1.54, 1.807) is 7.11 Å². The number of methoxy groups -OCH3 is 1. The van der Waals surface area contributed by atoms with Gasteiger partial charge in [0.1, 0.15) is 5.75 Å². The van der Waals surface area contributed by atoms with E-state index in [9.17, 15) is 9.90 Å². The van der Waals surface area contributed by atoms with Gasteiger partial charge in [-0.05, 0) is 48.8 Å². The minimum atomic E-state index is 0.0319. The fourth-order valence-electron chi connectivity index (χ4n) is 3.09. The second-order valence-corrected chi connectivity index (χ2v) is 5.92. The maximum Gasteiger partial charge on any atom is 0.224 e. The third kappa shape index (κ3) is 4.21. The molecule has 0 bridgehead atoms. The molecule has 0 aliphatic heterocycles. The van der Waals surface area contributed by atoms with Crippen LogP contribution in [0.25, 0.3) is 0 Å². The highest BCUT2D eigenvalue weighted by Crippen LogP contribution is 2.30. The van der Waals surface area contributed by atoms with Crippen molar-refractivity contribution >= 4 is 5.91 Å². The SMILES string of the molecule is COc1cc(CC(=O)NCC2CCCC2CO)ccc1C. The van der Waals surface area contributed by atoms with Crippen LogP contribution in [0.15, 0.2) is 18.2 Å². The van der Waals surface area contributed by atoms with E-state index in [2.05, 4.69) is 5.32 Å². The van der Waals surface area contributed by atoms with Crippen LogP contribution in [0.1, 0.15) is 30.4 Å². The number of hydrogen-bond donors (Lipinski definition) is 2.